The van der Waals surface area contributed by atoms with Crippen molar-refractivity contribution in [1.82, 2.24) is 5.32 Å². The summed E-state index contributed by atoms with van der Waals surface area (Å²) in [5.41, 5.74) is 1.42. The highest BCUT2D eigenvalue weighted by Crippen LogP contribution is 2.22. The summed E-state index contributed by atoms with van der Waals surface area (Å²) >= 11 is 0. The summed E-state index contributed by atoms with van der Waals surface area (Å²) in [5.74, 6) is 0.179. The molecule has 2 amide bonds. The lowest BCUT2D eigenvalue weighted by atomic mass is 10.2. The van der Waals surface area contributed by atoms with Gasteiger partial charge in [0.2, 0.25) is 5.91 Å². The molecule has 0 atom stereocenters. The first kappa shape index (κ1) is 16.4. The van der Waals surface area contributed by atoms with Gasteiger partial charge in [0.1, 0.15) is 18.9 Å². The summed E-state index contributed by atoms with van der Waals surface area (Å²) in [4.78, 5) is 23.4. The van der Waals surface area contributed by atoms with Crippen LogP contribution in [0, 0.1) is 0 Å². The van der Waals surface area contributed by atoms with E-state index in [1.54, 1.807) is 24.3 Å². The number of hydrogen-bond acceptors (Lipinski definition) is 4. The van der Waals surface area contributed by atoms with Gasteiger partial charge >= 0.3 is 6.09 Å². The van der Waals surface area contributed by atoms with E-state index in [2.05, 4.69) is 10.6 Å². The molecule has 2 aromatic rings. The number of amides is 2. The smallest absolute Gasteiger partial charge is 0.407 e. The van der Waals surface area contributed by atoms with E-state index in [1.165, 1.54) is 7.11 Å². The van der Waals surface area contributed by atoms with Gasteiger partial charge in [-0.15, -0.1) is 0 Å². The molecule has 2 aromatic carbocycles. The van der Waals surface area contributed by atoms with Crippen molar-refractivity contribution in [3.8, 4) is 5.75 Å². The summed E-state index contributed by atoms with van der Waals surface area (Å²) in [6.45, 7) is -0.0352. The number of rotatable bonds is 6. The maximum absolute atomic E-state index is 11.8. The highest BCUT2D eigenvalue weighted by Gasteiger charge is 2.09. The van der Waals surface area contributed by atoms with E-state index < -0.39 is 6.09 Å². The predicted molar refractivity (Wildman–Crippen MR) is 86.3 cm³/mol. The average molecular weight is 314 g/mol. The van der Waals surface area contributed by atoms with Gasteiger partial charge in [-0.2, -0.15) is 0 Å². The van der Waals surface area contributed by atoms with Crippen LogP contribution in [-0.4, -0.2) is 25.7 Å². The molecule has 2 rings (SSSR count). The van der Waals surface area contributed by atoms with Gasteiger partial charge in [-0.25, -0.2) is 4.79 Å². The molecule has 0 bridgehead atoms. The third-order valence-corrected chi connectivity index (χ3v) is 2.99. The number of alkyl carbamates (subject to hydrolysis) is 1. The molecule has 120 valence electrons. The third kappa shape index (κ3) is 5.35. The number of nitrogens with one attached hydrogen (secondary N) is 2. The number of carbonyl (C=O) groups excluding carboxylic acids is 2. The quantitative estimate of drug-likeness (QED) is 0.859. The summed E-state index contributed by atoms with van der Waals surface area (Å²) < 4.78 is 10.2. The monoisotopic (exact) mass is 314 g/mol. The Morgan fingerprint density at radius 2 is 1.70 bits per heavy atom. The zero-order valence-corrected chi connectivity index (χ0v) is 12.7. The second-order valence-corrected chi connectivity index (χ2v) is 4.66. The molecular weight excluding hydrogens is 296 g/mol. The maximum Gasteiger partial charge on any atom is 0.407 e. The molecule has 0 aliphatic heterocycles. The molecule has 0 saturated heterocycles. The van der Waals surface area contributed by atoms with E-state index in [1.807, 2.05) is 30.3 Å². The van der Waals surface area contributed by atoms with E-state index in [-0.39, 0.29) is 19.1 Å². The minimum atomic E-state index is -0.649. The van der Waals surface area contributed by atoms with Crippen LogP contribution in [0.3, 0.4) is 0 Å². The summed E-state index contributed by atoms with van der Waals surface area (Å²) in [5, 5.41) is 5.05. The molecule has 0 fully saturated rings. The SMILES string of the molecule is COc1ccccc1NC(=O)CNC(=O)OCc1ccccc1. The van der Waals surface area contributed by atoms with Gasteiger partial charge in [0.05, 0.1) is 12.8 Å². The highest BCUT2D eigenvalue weighted by molar-refractivity contribution is 5.95. The van der Waals surface area contributed by atoms with Gasteiger partial charge in [0, 0.05) is 0 Å². The van der Waals surface area contributed by atoms with Crippen LogP contribution in [0.4, 0.5) is 10.5 Å². The Balaban J connectivity index is 1.74. The van der Waals surface area contributed by atoms with Crippen LogP contribution in [0.1, 0.15) is 5.56 Å². The number of benzene rings is 2. The van der Waals surface area contributed by atoms with Crippen molar-refractivity contribution in [1.29, 1.82) is 0 Å². The summed E-state index contributed by atoms with van der Waals surface area (Å²) in [6, 6.07) is 16.3. The third-order valence-electron chi connectivity index (χ3n) is 2.99. The molecule has 0 aliphatic carbocycles. The van der Waals surface area contributed by atoms with Crippen LogP contribution in [-0.2, 0) is 16.1 Å². The Bertz CT molecular complexity index is 659. The molecule has 0 heterocycles. The first-order valence-electron chi connectivity index (χ1n) is 7.06. The predicted octanol–water partition coefficient (Wildman–Crippen LogP) is 2.56. The Kier molecular flexibility index (Phi) is 5.99. The molecule has 0 aliphatic rings. The Morgan fingerprint density at radius 1 is 1.00 bits per heavy atom. The fraction of sp³-hybridized carbons (Fsp3) is 0.176. The van der Waals surface area contributed by atoms with Crippen molar-refractivity contribution in [2.75, 3.05) is 19.0 Å². The van der Waals surface area contributed by atoms with Crippen LogP contribution in [0.2, 0.25) is 0 Å². The van der Waals surface area contributed by atoms with E-state index in [9.17, 15) is 9.59 Å². The molecule has 2 N–H and O–H groups in total. The molecule has 0 aromatic heterocycles. The number of methoxy groups -OCH3 is 1. The Labute approximate surface area is 134 Å². The van der Waals surface area contributed by atoms with Crippen LogP contribution >= 0.6 is 0 Å². The number of ether oxygens (including phenoxy) is 2. The van der Waals surface area contributed by atoms with Crippen molar-refractivity contribution in [3.05, 3.63) is 60.2 Å². The first-order chi connectivity index (χ1) is 11.2. The van der Waals surface area contributed by atoms with Gasteiger partial charge in [0.25, 0.3) is 0 Å². The van der Waals surface area contributed by atoms with Crippen LogP contribution < -0.4 is 15.4 Å². The number of carbonyl (C=O) groups is 2. The second-order valence-electron chi connectivity index (χ2n) is 4.66. The van der Waals surface area contributed by atoms with E-state index in [4.69, 9.17) is 9.47 Å². The summed E-state index contributed by atoms with van der Waals surface area (Å²) in [7, 11) is 1.52. The lowest BCUT2D eigenvalue weighted by Crippen LogP contribution is -2.33. The van der Waals surface area contributed by atoms with E-state index in [0.29, 0.717) is 11.4 Å². The maximum atomic E-state index is 11.8. The van der Waals surface area contributed by atoms with Crippen molar-refractivity contribution in [2.24, 2.45) is 0 Å². The lowest BCUT2D eigenvalue weighted by molar-refractivity contribution is -0.115. The Morgan fingerprint density at radius 3 is 2.43 bits per heavy atom. The van der Waals surface area contributed by atoms with Crippen molar-refractivity contribution < 1.29 is 19.1 Å². The van der Waals surface area contributed by atoms with E-state index >= 15 is 0 Å². The molecule has 6 nitrogen and oxygen atoms in total. The van der Waals surface area contributed by atoms with Gasteiger partial charge in [0.15, 0.2) is 0 Å². The Hall–Kier alpha value is -3.02. The van der Waals surface area contributed by atoms with Gasteiger partial charge in [-0.05, 0) is 17.7 Å². The van der Waals surface area contributed by atoms with Crippen molar-refractivity contribution in [3.63, 3.8) is 0 Å². The molecule has 23 heavy (non-hydrogen) atoms. The van der Waals surface area contributed by atoms with Crippen LogP contribution in [0.5, 0.6) is 5.75 Å². The van der Waals surface area contributed by atoms with E-state index in [0.717, 1.165) is 5.56 Å². The molecule has 0 unspecified atom stereocenters. The number of anilines is 1. The van der Waals surface area contributed by atoms with Gasteiger partial charge in [-0.1, -0.05) is 42.5 Å². The summed E-state index contributed by atoms with van der Waals surface area (Å²) in [6.07, 6.45) is -0.649. The van der Waals surface area contributed by atoms with Crippen molar-refractivity contribution in [2.45, 2.75) is 6.61 Å². The minimum absolute atomic E-state index is 0.154. The zero-order chi connectivity index (χ0) is 16.5. The molecule has 6 heteroatoms. The normalized spacial score (nSPS) is 9.78. The number of para-hydroxylation sites is 2. The minimum Gasteiger partial charge on any atom is -0.495 e. The average Bonchev–Trinajstić information content (AvgIpc) is 2.59. The highest BCUT2D eigenvalue weighted by atomic mass is 16.5. The van der Waals surface area contributed by atoms with Gasteiger partial charge < -0.3 is 20.1 Å². The first-order valence-corrected chi connectivity index (χ1v) is 7.06. The fourth-order valence-corrected chi connectivity index (χ4v) is 1.87. The molecule has 0 radical (unpaired) electrons. The largest absolute Gasteiger partial charge is 0.495 e. The second kappa shape index (κ2) is 8.43. The number of hydrogen-bond donors (Lipinski definition) is 2. The van der Waals surface area contributed by atoms with Crippen LogP contribution in [0.15, 0.2) is 54.6 Å². The lowest BCUT2D eigenvalue weighted by Gasteiger charge is -2.10. The van der Waals surface area contributed by atoms with Crippen molar-refractivity contribution >= 4 is 17.7 Å². The standard InChI is InChI=1S/C17H18N2O4/c1-22-15-10-6-5-9-14(15)19-16(20)11-18-17(21)23-12-13-7-3-2-4-8-13/h2-10H,11-12H2,1H3,(H,18,21)(H,19,20). The molecular formula is C17H18N2O4. The topological polar surface area (TPSA) is 76.7 Å². The zero-order valence-electron chi connectivity index (χ0n) is 12.7. The fourth-order valence-electron chi connectivity index (χ4n) is 1.87. The molecule has 0 saturated carbocycles. The van der Waals surface area contributed by atoms with Crippen LogP contribution in [0.25, 0.3) is 0 Å². The van der Waals surface area contributed by atoms with Gasteiger partial charge in [-0.3, -0.25) is 4.79 Å². The molecule has 0 spiro atoms.